The fourth-order valence-corrected chi connectivity index (χ4v) is 3.25. The molecule has 116 valence electrons. The summed E-state index contributed by atoms with van der Waals surface area (Å²) >= 11 is 0. The van der Waals surface area contributed by atoms with E-state index in [1.54, 1.807) is 0 Å². The third-order valence-corrected chi connectivity index (χ3v) is 4.57. The van der Waals surface area contributed by atoms with Gasteiger partial charge < -0.3 is 10.6 Å². The predicted molar refractivity (Wildman–Crippen MR) is 88.9 cm³/mol. The Morgan fingerprint density at radius 3 is 2.82 bits per heavy atom. The highest BCUT2D eigenvalue weighted by Gasteiger charge is 2.28. The third kappa shape index (κ3) is 2.71. The van der Waals surface area contributed by atoms with Gasteiger partial charge >= 0.3 is 0 Å². The van der Waals surface area contributed by atoms with Crippen molar-refractivity contribution in [2.75, 3.05) is 6.54 Å². The molecule has 0 aliphatic carbocycles. The minimum absolute atomic E-state index is 0.0758. The summed E-state index contributed by atoms with van der Waals surface area (Å²) in [6.07, 6.45) is 1.74. The van der Waals surface area contributed by atoms with E-state index in [-0.39, 0.29) is 18.0 Å². The molecule has 0 saturated carbocycles. The normalized spacial score (nSPS) is 22.1. The van der Waals surface area contributed by atoms with Crippen molar-refractivity contribution in [2.45, 2.75) is 45.7 Å². The number of nitrogens with zero attached hydrogens (tertiary/aromatic N) is 2. The van der Waals surface area contributed by atoms with Gasteiger partial charge in [-0.3, -0.25) is 9.78 Å². The van der Waals surface area contributed by atoms with Gasteiger partial charge in [-0.15, -0.1) is 0 Å². The molecular weight excluding hydrogens is 274 g/mol. The molecule has 4 heteroatoms. The second kappa shape index (κ2) is 5.69. The topological polar surface area (TPSA) is 59.2 Å². The van der Waals surface area contributed by atoms with E-state index in [1.165, 1.54) is 5.56 Å². The van der Waals surface area contributed by atoms with Crippen molar-refractivity contribution >= 4 is 16.8 Å². The smallest absolute Gasteiger partial charge is 0.255 e. The van der Waals surface area contributed by atoms with Gasteiger partial charge in [-0.2, -0.15) is 0 Å². The van der Waals surface area contributed by atoms with E-state index in [0.29, 0.717) is 5.56 Å². The van der Waals surface area contributed by atoms with E-state index < -0.39 is 0 Å². The number of piperidine rings is 1. The van der Waals surface area contributed by atoms with E-state index in [4.69, 9.17) is 5.73 Å². The first-order valence-corrected chi connectivity index (χ1v) is 7.90. The number of fused-ring (bicyclic) bond motifs is 1. The van der Waals surface area contributed by atoms with Gasteiger partial charge in [-0.1, -0.05) is 12.1 Å². The Morgan fingerprint density at radius 1 is 1.32 bits per heavy atom. The lowest BCUT2D eigenvalue weighted by Gasteiger charge is -2.36. The molecule has 1 amide bonds. The van der Waals surface area contributed by atoms with E-state index in [9.17, 15) is 4.79 Å². The Balaban J connectivity index is 1.97. The number of benzene rings is 1. The number of carbonyl (C=O) groups is 1. The largest absolute Gasteiger partial charge is 0.336 e. The molecule has 2 N–H and O–H groups in total. The number of pyridine rings is 1. The maximum absolute atomic E-state index is 12.9. The molecule has 1 saturated heterocycles. The molecule has 2 aromatic rings. The lowest BCUT2D eigenvalue weighted by molar-refractivity contribution is 0.0618. The summed E-state index contributed by atoms with van der Waals surface area (Å²) < 4.78 is 0. The van der Waals surface area contributed by atoms with Crippen LogP contribution in [0.3, 0.4) is 0 Å². The van der Waals surface area contributed by atoms with Crippen molar-refractivity contribution in [1.29, 1.82) is 0 Å². The molecule has 1 aromatic heterocycles. The van der Waals surface area contributed by atoms with Gasteiger partial charge in [0.05, 0.1) is 16.8 Å². The molecular formula is C18H23N3O. The highest BCUT2D eigenvalue weighted by Crippen LogP contribution is 2.23. The fraction of sp³-hybridized carbons (Fsp3) is 0.444. The van der Waals surface area contributed by atoms with Gasteiger partial charge in [0.25, 0.3) is 5.91 Å². The number of rotatable bonds is 1. The van der Waals surface area contributed by atoms with Crippen LogP contribution in [0.1, 0.15) is 41.4 Å². The standard InChI is InChI=1S/C18H23N3O/c1-11-4-5-14-10-16(13(3)20-17(14)8-11)18(22)21-7-6-15(19)9-12(21)2/h4-5,8,10,12,15H,6-7,9,19H2,1-3H3. The van der Waals surface area contributed by atoms with Crippen molar-refractivity contribution < 1.29 is 4.79 Å². The molecule has 22 heavy (non-hydrogen) atoms. The first kappa shape index (κ1) is 15.0. The van der Waals surface area contributed by atoms with Crippen molar-refractivity contribution in [3.8, 4) is 0 Å². The second-order valence-corrected chi connectivity index (χ2v) is 6.45. The average Bonchev–Trinajstić information content (AvgIpc) is 2.45. The predicted octanol–water partition coefficient (Wildman–Crippen LogP) is 2.80. The number of hydrogen-bond acceptors (Lipinski definition) is 3. The monoisotopic (exact) mass is 297 g/mol. The van der Waals surface area contributed by atoms with Crippen molar-refractivity contribution in [2.24, 2.45) is 5.73 Å². The van der Waals surface area contributed by atoms with Gasteiger partial charge in [0.15, 0.2) is 0 Å². The summed E-state index contributed by atoms with van der Waals surface area (Å²) in [4.78, 5) is 19.5. The Hall–Kier alpha value is -1.94. The Bertz CT molecular complexity index is 726. The lowest BCUT2D eigenvalue weighted by Crippen LogP contribution is -2.48. The van der Waals surface area contributed by atoms with Gasteiger partial charge in [0.2, 0.25) is 0 Å². The molecule has 0 bridgehead atoms. The van der Waals surface area contributed by atoms with Crippen LogP contribution in [-0.2, 0) is 0 Å². The van der Waals surface area contributed by atoms with Gasteiger partial charge in [0, 0.05) is 24.0 Å². The van der Waals surface area contributed by atoms with Crippen LogP contribution in [0.2, 0.25) is 0 Å². The molecule has 1 aliphatic heterocycles. The maximum atomic E-state index is 12.9. The first-order valence-electron chi connectivity index (χ1n) is 7.90. The summed E-state index contributed by atoms with van der Waals surface area (Å²) in [5.74, 6) is 0.0758. The minimum atomic E-state index is 0.0758. The van der Waals surface area contributed by atoms with Crippen LogP contribution >= 0.6 is 0 Å². The molecule has 2 heterocycles. The van der Waals surface area contributed by atoms with E-state index in [0.717, 1.165) is 36.0 Å². The van der Waals surface area contributed by atoms with E-state index in [1.807, 2.05) is 30.9 Å². The molecule has 0 radical (unpaired) electrons. The van der Waals surface area contributed by atoms with Gasteiger partial charge in [-0.05, 0) is 51.3 Å². The Labute approximate surface area is 131 Å². The maximum Gasteiger partial charge on any atom is 0.255 e. The first-order chi connectivity index (χ1) is 10.5. The number of amides is 1. The lowest BCUT2D eigenvalue weighted by atomic mass is 9.97. The average molecular weight is 297 g/mol. The number of likely N-dealkylation sites (tertiary alicyclic amines) is 1. The van der Waals surface area contributed by atoms with Gasteiger partial charge in [0.1, 0.15) is 0 Å². The van der Waals surface area contributed by atoms with Crippen LogP contribution in [0.5, 0.6) is 0 Å². The molecule has 3 rings (SSSR count). The highest BCUT2D eigenvalue weighted by molar-refractivity contribution is 5.99. The highest BCUT2D eigenvalue weighted by atomic mass is 16.2. The number of carbonyl (C=O) groups excluding carboxylic acids is 1. The molecule has 1 aliphatic rings. The molecule has 0 spiro atoms. The zero-order valence-electron chi connectivity index (χ0n) is 13.5. The SMILES string of the molecule is Cc1ccc2cc(C(=O)N3CCC(N)CC3C)c(C)nc2c1. The van der Waals surface area contributed by atoms with Crippen molar-refractivity contribution in [1.82, 2.24) is 9.88 Å². The zero-order valence-corrected chi connectivity index (χ0v) is 13.5. The van der Waals surface area contributed by atoms with Crippen LogP contribution < -0.4 is 5.73 Å². The molecule has 1 aromatic carbocycles. The minimum Gasteiger partial charge on any atom is -0.336 e. The summed E-state index contributed by atoms with van der Waals surface area (Å²) in [6, 6.07) is 8.50. The molecule has 4 nitrogen and oxygen atoms in total. The van der Waals surface area contributed by atoms with Crippen molar-refractivity contribution in [3.05, 3.63) is 41.1 Å². The number of hydrogen-bond donors (Lipinski definition) is 1. The van der Waals surface area contributed by atoms with Crippen LogP contribution in [-0.4, -0.2) is 34.4 Å². The van der Waals surface area contributed by atoms with Crippen LogP contribution in [0.25, 0.3) is 10.9 Å². The summed E-state index contributed by atoms with van der Waals surface area (Å²) in [6.45, 7) is 6.76. The van der Waals surface area contributed by atoms with Crippen LogP contribution in [0.15, 0.2) is 24.3 Å². The number of nitrogens with two attached hydrogens (primary N) is 1. The quantitative estimate of drug-likeness (QED) is 0.880. The van der Waals surface area contributed by atoms with Crippen LogP contribution in [0.4, 0.5) is 0 Å². The Kier molecular flexibility index (Phi) is 3.87. The molecule has 2 unspecified atom stereocenters. The van der Waals surface area contributed by atoms with Gasteiger partial charge in [-0.25, -0.2) is 0 Å². The summed E-state index contributed by atoms with van der Waals surface area (Å²) in [5.41, 5.74) is 9.62. The molecule has 1 fully saturated rings. The summed E-state index contributed by atoms with van der Waals surface area (Å²) in [7, 11) is 0. The number of aryl methyl sites for hydroxylation is 2. The zero-order chi connectivity index (χ0) is 15.9. The second-order valence-electron chi connectivity index (χ2n) is 6.45. The fourth-order valence-electron chi connectivity index (χ4n) is 3.25. The number of aromatic nitrogens is 1. The van der Waals surface area contributed by atoms with E-state index in [2.05, 4.69) is 24.0 Å². The van der Waals surface area contributed by atoms with Crippen molar-refractivity contribution in [3.63, 3.8) is 0 Å². The van der Waals surface area contributed by atoms with Crippen LogP contribution in [0, 0.1) is 13.8 Å². The van der Waals surface area contributed by atoms with E-state index >= 15 is 0 Å². The summed E-state index contributed by atoms with van der Waals surface area (Å²) in [5, 5.41) is 1.01. The Morgan fingerprint density at radius 2 is 2.09 bits per heavy atom. The third-order valence-electron chi connectivity index (χ3n) is 4.57. The molecule has 2 atom stereocenters.